The molecule has 4 heteroatoms. The van der Waals surface area contributed by atoms with E-state index in [0.29, 0.717) is 0 Å². The lowest BCUT2D eigenvalue weighted by atomic mass is 9.83. The smallest absolute Gasteiger partial charge is 0.119 e. The van der Waals surface area contributed by atoms with Crippen molar-refractivity contribution >= 4 is 28.6 Å². The van der Waals surface area contributed by atoms with Gasteiger partial charge in [0.15, 0.2) is 0 Å². The maximum Gasteiger partial charge on any atom is 0.119 e. The van der Waals surface area contributed by atoms with E-state index in [9.17, 15) is 0 Å². The van der Waals surface area contributed by atoms with E-state index in [1.54, 1.807) is 0 Å². The van der Waals surface area contributed by atoms with Crippen LogP contribution in [0.15, 0.2) is 16.6 Å². The average Bonchev–Trinajstić information content (AvgIpc) is 2.43. The van der Waals surface area contributed by atoms with Crippen LogP contribution in [0.3, 0.4) is 0 Å². The molecule has 0 atom stereocenters. The number of halogens is 1. The first-order chi connectivity index (χ1) is 9.06. The Hall–Kier alpha value is -0.190. The third kappa shape index (κ3) is 3.67. The Kier molecular flexibility index (Phi) is 5.21. The van der Waals surface area contributed by atoms with Crippen molar-refractivity contribution in [1.29, 1.82) is 0 Å². The minimum atomic E-state index is 0.163. The molecule has 0 bridgehead atoms. The molecule has 1 aliphatic rings. The molecular formula is C15H21BrO2S. The summed E-state index contributed by atoms with van der Waals surface area (Å²) in [6.07, 6.45) is 2.07. The summed E-state index contributed by atoms with van der Waals surface area (Å²) in [6.45, 7) is 6.55. The van der Waals surface area contributed by atoms with Crippen molar-refractivity contribution in [3.63, 3.8) is 0 Å². The van der Waals surface area contributed by atoms with Crippen LogP contribution in [-0.2, 0) is 4.74 Å². The fourth-order valence-electron chi connectivity index (χ4n) is 2.38. The number of thiol groups is 1. The lowest BCUT2D eigenvalue weighted by Gasteiger charge is -2.35. The summed E-state index contributed by atoms with van der Waals surface area (Å²) < 4.78 is 12.6. The number of rotatable bonds is 4. The van der Waals surface area contributed by atoms with Gasteiger partial charge in [0.2, 0.25) is 0 Å². The molecule has 0 radical (unpaired) electrons. The van der Waals surface area contributed by atoms with E-state index < -0.39 is 0 Å². The van der Waals surface area contributed by atoms with Gasteiger partial charge >= 0.3 is 0 Å². The van der Waals surface area contributed by atoms with Crippen molar-refractivity contribution in [3.05, 3.63) is 27.7 Å². The van der Waals surface area contributed by atoms with Gasteiger partial charge in [0.05, 0.1) is 6.61 Å². The van der Waals surface area contributed by atoms with Crippen LogP contribution in [0.25, 0.3) is 0 Å². The highest BCUT2D eigenvalue weighted by atomic mass is 79.9. The van der Waals surface area contributed by atoms with Gasteiger partial charge in [-0.1, -0.05) is 15.9 Å². The topological polar surface area (TPSA) is 18.5 Å². The second-order valence-corrected chi connectivity index (χ2v) is 6.54. The highest BCUT2D eigenvalue weighted by molar-refractivity contribution is 9.10. The Bertz CT molecular complexity index is 419. The van der Waals surface area contributed by atoms with Crippen molar-refractivity contribution in [2.24, 2.45) is 5.41 Å². The average molecular weight is 345 g/mol. The molecule has 0 aliphatic carbocycles. The van der Waals surface area contributed by atoms with Crippen LogP contribution < -0.4 is 4.74 Å². The first-order valence-electron chi connectivity index (χ1n) is 6.64. The summed E-state index contributed by atoms with van der Waals surface area (Å²) >= 11 is 8.09. The third-order valence-corrected chi connectivity index (χ3v) is 5.77. The fraction of sp³-hybridized carbons (Fsp3) is 0.600. The van der Waals surface area contributed by atoms with Crippen LogP contribution in [-0.4, -0.2) is 25.6 Å². The van der Waals surface area contributed by atoms with Crippen molar-refractivity contribution in [2.45, 2.75) is 26.7 Å². The van der Waals surface area contributed by atoms with Gasteiger partial charge in [-0.05, 0) is 55.7 Å². The van der Waals surface area contributed by atoms with E-state index >= 15 is 0 Å². The molecule has 0 aromatic heterocycles. The third-order valence-electron chi connectivity index (χ3n) is 3.84. The lowest BCUT2D eigenvalue weighted by molar-refractivity contribution is 0.00308. The largest absolute Gasteiger partial charge is 0.493 e. The second-order valence-electron chi connectivity index (χ2n) is 5.43. The van der Waals surface area contributed by atoms with Crippen molar-refractivity contribution in [3.8, 4) is 5.75 Å². The molecule has 1 saturated heterocycles. The monoisotopic (exact) mass is 344 g/mol. The summed E-state index contributed by atoms with van der Waals surface area (Å²) in [5.41, 5.74) is 2.58. The zero-order chi connectivity index (χ0) is 13.9. The number of benzene rings is 1. The Labute approximate surface area is 129 Å². The summed E-state index contributed by atoms with van der Waals surface area (Å²) in [7, 11) is 0. The number of hydrogen-bond acceptors (Lipinski definition) is 3. The van der Waals surface area contributed by atoms with E-state index in [4.69, 9.17) is 9.47 Å². The zero-order valence-corrected chi connectivity index (χ0v) is 14.0. The predicted molar refractivity (Wildman–Crippen MR) is 85.5 cm³/mol. The number of ether oxygens (including phenoxy) is 2. The van der Waals surface area contributed by atoms with Crippen LogP contribution >= 0.6 is 28.6 Å². The van der Waals surface area contributed by atoms with Crippen molar-refractivity contribution in [2.75, 3.05) is 25.6 Å². The summed E-state index contributed by atoms with van der Waals surface area (Å²) in [4.78, 5) is 0. The van der Waals surface area contributed by atoms with Gasteiger partial charge in [-0.25, -0.2) is 0 Å². The first-order valence-corrected chi connectivity index (χ1v) is 8.07. The first kappa shape index (κ1) is 15.2. The fourth-order valence-corrected chi connectivity index (χ4v) is 3.01. The molecule has 1 aromatic carbocycles. The minimum Gasteiger partial charge on any atom is -0.493 e. The van der Waals surface area contributed by atoms with Crippen molar-refractivity contribution < 1.29 is 9.47 Å². The van der Waals surface area contributed by atoms with Crippen LogP contribution in [0.1, 0.15) is 24.0 Å². The van der Waals surface area contributed by atoms with E-state index in [1.807, 2.05) is 0 Å². The molecule has 0 N–H and O–H groups in total. The normalized spacial score (nSPS) is 18.3. The summed E-state index contributed by atoms with van der Waals surface area (Å²) in [5.74, 6) is 1.80. The minimum absolute atomic E-state index is 0.163. The lowest BCUT2D eigenvalue weighted by Crippen LogP contribution is -2.36. The SMILES string of the molecule is Cc1cc(OCC2(CS)CCOCC2)cc(C)c1Br. The zero-order valence-electron chi connectivity index (χ0n) is 11.5. The molecule has 2 rings (SSSR count). The highest BCUT2D eigenvalue weighted by Crippen LogP contribution is 2.33. The maximum absolute atomic E-state index is 6.03. The van der Waals surface area contributed by atoms with E-state index in [-0.39, 0.29) is 5.41 Å². The Morgan fingerprint density at radius 2 is 1.84 bits per heavy atom. The van der Waals surface area contributed by atoms with Gasteiger partial charge in [0, 0.05) is 23.1 Å². The van der Waals surface area contributed by atoms with E-state index in [1.165, 1.54) is 11.1 Å². The van der Waals surface area contributed by atoms with Crippen LogP contribution in [0.4, 0.5) is 0 Å². The molecular weight excluding hydrogens is 324 g/mol. The van der Waals surface area contributed by atoms with Crippen LogP contribution in [0.2, 0.25) is 0 Å². The van der Waals surface area contributed by atoms with Gasteiger partial charge in [0.25, 0.3) is 0 Å². The Balaban J connectivity index is 2.05. The van der Waals surface area contributed by atoms with Crippen molar-refractivity contribution in [1.82, 2.24) is 0 Å². The van der Waals surface area contributed by atoms with Gasteiger partial charge in [-0.3, -0.25) is 0 Å². The van der Waals surface area contributed by atoms with E-state index in [2.05, 4.69) is 54.5 Å². The number of aryl methyl sites for hydroxylation is 2. The molecule has 19 heavy (non-hydrogen) atoms. The van der Waals surface area contributed by atoms with Gasteiger partial charge in [0.1, 0.15) is 5.75 Å². The molecule has 1 heterocycles. The molecule has 0 saturated carbocycles. The molecule has 0 spiro atoms. The predicted octanol–water partition coefficient (Wildman–Crippen LogP) is 4.17. The molecule has 106 valence electrons. The standard InChI is InChI=1S/C15H21BrO2S/c1-11-7-13(8-12(2)14(11)16)18-9-15(10-19)3-5-17-6-4-15/h7-8,19H,3-6,9-10H2,1-2H3. The highest BCUT2D eigenvalue weighted by Gasteiger charge is 2.32. The van der Waals surface area contributed by atoms with Gasteiger partial charge in [-0.15, -0.1) is 0 Å². The van der Waals surface area contributed by atoms with Crippen LogP contribution in [0, 0.1) is 19.3 Å². The molecule has 0 unspecified atom stereocenters. The summed E-state index contributed by atoms with van der Waals surface area (Å²) in [5, 5.41) is 0. The summed E-state index contributed by atoms with van der Waals surface area (Å²) in [6, 6.07) is 4.17. The molecule has 1 aliphatic heterocycles. The maximum atomic E-state index is 6.03. The van der Waals surface area contributed by atoms with Gasteiger partial charge in [-0.2, -0.15) is 12.6 Å². The molecule has 1 aromatic rings. The van der Waals surface area contributed by atoms with E-state index in [0.717, 1.165) is 48.6 Å². The molecule has 0 amide bonds. The quantitative estimate of drug-likeness (QED) is 0.826. The Morgan fingerprint density at radius 1 is 1.26 bits per heavy atom. The Morgan fingerprint density at radius 3 is 2.37 bits per heavy atom. The second kappa shape index (κ2) is 6.51. The van der Waals surface area contributed by atoms with Crippen LogP contribution in [0.5, 0.6) is 5.75 Å². The molecule has 2 nitrogen and oxygen atoms in total. The number of hydrogen-bond donors (Lipinski definition) is 1. The molecule has 1 fully saturated rings. The van der Waals surface area contributed by atoms with Gasteiger partial charge < -0.3 is 9.47 Å².